The third kappa shape index (κ3) is 4.56. The van der Waals surface area contributed by atoms with E-state index in [1.54, 1.807) is 19.1 Å². The van der Waals surface area contributed by atoms with Crippen LogP contribution in [0, 0.1) is 6.92 Å². The van der Waals surface area contributed by atoms with Crippen molar-refractivity contribution in [2.24, 2.45) is 0 Å². The highest BCUT2D eigenvalue weighted by Gasteiger charge is 2.34. The van der Waals surface area contributed by atoms with E-state index in [4.69, 9.17) is 16.1 Å². The first-order valence-electron chi connectivity index (χ1n) is 7.57. The van der Waals surface area contributed by atoms with Gasteiger partial charge in [0.1, 0.15) is 11.5 Å². The monoisotopic (exact) mass is 396 g/mol. The first-order valence-corrected chi connectivity index (χ1v) is 7.94. The third-order valence-electron chi connectivity index (χ3n) is 3.43. The van der Waals surface area contributed by atoms with Crippen LogP contribution in [-0.4, -0.2) is 16.0 Å². The molecule has 6 nitrogen and oxygen atoms in total. The number of hydrogen-bond acceptors (Lipinski definition) is 5. The second kappa shape index (κ2) is 7.28. The normalized spacial score (nSPS) is 11.3. The summed E-state index contributed by atoms with van der Waals surface area (Å²) < 4.78 is 44.2. The van der Waals surface area contributed by atoms with Crippen molar-refractivity contribution in [3.63, 3.8) is 0 Å². The number of pyridine rings is 1. The summed E-state index contributed by atoms with van der Waals surface area (Å²) in [5.74, 6) is 0.291. The van der Waals surface area contributed by atoms with Gasteiger partial charge in [0.25, 0.3) is 5.91 Å². The van der Waals surface area contributed by atoms with Gasteiger partial charge in [-0.25, -0.2) is 4.98 Å². The van der Waals surface area contributed by atoms with Crippen molar-refractivity contribution < 1.29 is 22.5 Å². The summed E-state index contributed by atoms with van der Waals surface area (Å²) in [5, 5.41) is 8.79. The number of carbonyl (C=O) groups excluding carboxylic acids is 1. The third-order valence-corrected chi connectivity index (χ3v) is 3.67. The highest BCUT2D eigenvalue weighted by molar-refractivity contribution is 6.30. The number of nitrogens with zero attached hydrogens (tertiary/aromatic N) is 2. The Labute approximate surface area is 156 Å². The molecule has 0 aliphatic carbocycles. The number of amides is 1. The van der Waals surface area contributed by atoms with Crippen LogP contribution in [0.4, 0.5) is 30.4 Å². The Morgan fingerprint density at radius 1 is 1.19 bits per heavy atom. The summed E-state index contributed by atoms with van der Waals surface area (Å²) in [6.07, 6.45) is -3.31. The molecule has 140 valence electrons. The van der Waals surface area contributed by atoms with Crippen LogP contribution in [0.25, 0.3) is 0 Å². The van der Waals surface area contributed by atoms with Gasteiger partial charge < -0.3 is 15.2 Å². The summed E-state index contributed by atoms with van der Waals surface area (Å²) in [5.41, 5.74) is -0.968. The van der Waals surface area contributed by atoms with E-state index in [0.717, 1.165) is 12.1 Å². The van der Waals surface area contributed by atoms with Gasteiger partial charge in [-0.05, 0) is 37.3 Å². The van der Waals surface area contributed by atoms with Gasteiger partial charge in [0.05, 0.1) is 23.1 Å². The van der Waals surface area contributed by atoms with Crippen molar-refractivity contribution in [2.75, 3.05) is 10.6 Å². The van der Waals surface area contributed by atoms with Crippen molar-refractivity contribution in [1.82, 2.24) is 10.1 Å². The predicted molar refractivity (Wildman–Crippen MR) is 93.2 cm³/mol. The van der Waals surface area contributed by atoms with Gasteiger partial charge in [-0.2, -0.15) is 13.2 Å². The maximum Gasteiger partial charge on any atom is 0.418 e. The average Bonchev–Trinajstić information content (AvgIpc) is 3.01. The molecule has 0 fully saturated rings. The minimum atomic E-state index is -4.66. The molecule has 1 aromatic carbocycles. The standard InChI is InChI=1S/C17H12ClF3N4O2/c1-9-6-15(25-27-9)23-11-3-5-14(22-8-11)16(26)24-13-4-2-10(18)7-12(13)17(19,20)21/h2-8H,1H3,(H,23,25)(H,24,26). The molecule has 0 atom stereocenters. The second-order valence-corrected chi connectivity index (χ2v) is 5.96. The second-order valence-electron chi connectivity index (χ2n) is 5.52. The van der Waals surface area contributed by atoms with Crippen molar-refractivity contribution in [1.29, 1.82) is 0 Å². The molecule has 0 radical (unpaired) electrons. The summed E-state index contributed by atoms with van der Waals surface area (Å²) in [4.78, 5) is 16.2. The molecule has 2 N–H and O–H groups in total. The predicted octanol–water partition coefficient (Wildman–Crippen LogP) is 5.05. The van der Waals surface area contributed by atoms with Crippen LogP contribution < -0.4 is 10.6 Å². The minimum absolute atomic E-state index is 0.0556. The fourth-order valence-corrected chi connectivity index (χ4v) is 2.39. The number of hydrogen-bond donors (Lipinski definition) is 2. The number of anilines is 3. The number of nitrogens with one attached hydrogen (secondary N) is 2. The topological polar surface area (TPSA) is 80.0 Å². The van der Waals surface area contributed by atoms with Crippen LogP contribution >= 0.6 is 11.6 Å². The van der Waals surface area contributed by atoms with E-state index in [9.17, 15) is 18.0 Å². The van der Waals surface area contributed by atoms with E-state index in [-0.39, 0.29) is 10.7 Å². The van der Waals surface area contributed by atoms with Gasteiger partial charge in [0, 0.05) is 11.1 Å². The van der Waals surface area contributed by atoms with E-state index in [1.807, 2.05) is 0 Å². The molecule has 2 heterocycles. The Hall–Kier alpha value is -3.07. The molecule has 1 amide bonds. The Kier molecular flexibility index (Phi) is 5.04. The van der Waals surface area contributed by atoms with Gasteiger partial charge in [0.15, 0.2) is 5.82 Å². The highest BCUT2D eigenvalue weighted by atomic mass is 35.5. The van der Waals surface area contributed by atoms with Crippen LogP contribution in [0.2, 0.25) is 5.02 Å². The van der Waals surface area contributed by atoms with E-state index in [0.29, 0.717) is 17.3 Å². The summed E-state index contributed by atoms with van der Waals surface area (Å²) >= 11 is 5.62. The maximum atomic E-state index is 13.1. The summed E-state index contributed by atoms with van der Waals surface area (Å²) in [6.45, 7) is 1.73. The molecular formula is C17H12ClF3N4O2. The molecule has 3 rings (SSSR count). The van der Waals surface area contributed by atoms with Crippen LogP contribution in [0.1, 0.15) is 21.8 Å². The van der Waals surface area contributed by atoms with Crippen molar-refractivity contribution >= 4 is 34.7 Å². The molecular weight excluding hydrogens is 385 g/mol. The number of carbonyl (C=O) groups is 1. The van der Waals surface area contributed by atoms with Gasteiger partial charge in [-0.1, -0.05) is 16.8 Å². The van der Waals surface area contributed by atoms with Gasteiger partial charge >= 0.3 is 6.18 Å². The van der Waals surface area contributed by atoms with Gasteiger partial charge in [-0.3, -0.25) is 4.79 Å². The molecule has 0 aliphatic heterocycles. The lowest BCUT2D eigenvalue weighted by Gasteiger charge is -2.14. The first-order chi connectivity index (χ1) is 12.7. The van der Waals surface area contributed by atoms with E-state index >= 15 is 0 Å². The Bertz CT molecular complexity index is 971. The SMILES string of the molecule is Cc1cc(Nc2ccc(C(=O)Nc3ccc(Cl)cc3C(F)(F)F)nc2)no1. The highest BCUT2D eigenvalue weighted by Crippen LogP contribution is 2.36. The lowest BCUT2D eigenvalue weighted by Crippen LogP contribution is -2.17. The fraction of sp³-hybridized carbons (Fsp3) is 0.118. The van der Waals surface area contributed by atoms with Crippen LogP contribution in [0.5, 0.6) is 0 Å². The van der Waals surface area contributed by atoms with E-state index in [1.165, 1.54) is 18.3 Å². The van der Waals surface area contributed by atoms with Gasteiger partial charge in [-0.15, -0.1) is 0 Å². The zero-order valence-corrected chi connectivity index (χ0v) is 14.5. The van der Waals surface area contributed by atoms with E-state index in [2.05, 4.69) is 20.8 Å². The Morgan fingerprint density at radius 3 is 2.56 bits per heavy atom. The smallest absolute Gasteiger partial charge is 0.360 e. The van der Waals surface area contributed by atoms with Crippen LogP contribution in [-0.2, 0) is 6.18 Å². The summed E-state index contributed by atoms with van der Waals surface area (Å²) in [6, 6.07) is 7.67. The number of aryl methyl sites for hydroxylation is 1. The Balaban J connectivity index is 1.75. The number of rotatable bonds is 4. The quantitative estimate of drug-likeness (QED) is 0.645. The molecule has 0 bridgehead atoms. The van der Waals surface area contributed by atoms with Crippen molar-refractivity contribution in [3.8, 4) is 0 Å². The van der Waals surface area contributed by atoms with Crippen LogP contribution in [0.3, 0.4) is 0 Å². The first kappa shape index (κ1) is 18.7. The Morgan fingerprint density at radius 2 is 1.96 bits per heavy atom. The van der Waals surface area contributed by atoms with Gasteiger partial charge in [0.2, 0.25) is 0 Å². The van der Waals surface area contributed by atoms with E-state index < -0.39 is 23.3 Å². The molecule has 0 saturated carbocycles. The van der Waals surface area contributed by atoms with Crippen LogP contribution in [0.15, 0.2) is 47.1 Å². The molecule has 0 unspecified atom stereocenters. The lowest BCUT2D eigenvalue weighted by atomic mass is 10.1. The lowest BCUT2D eigenvalue weighted by molar-refractivity contribution is -0.136. The summed E-state index contributed by atoms with van der Waals surface area (Å²) in [7, 11) is 0. The molecule has 0 saturated heterocycles. The number of alkyl halides is 3. The largest absolute Gasteiger partial charge is 0.418 e. The van der Waals surface area contributed by atoms with Crippen molar-refractivity contribution in [3.05, 3.63) is 64.6 Å². The minimum Gasteiger partial charge on any atom is -0.360 e. The zero-order chi connectivity index (χ0) is 19.6. The maximum absolute atomic E-state index is 13.1. The average molecular weight is 397 g/mol. The molecule has 10 heteroatoms. The molecule has 27 heavy (non-hydrogen) atoms. The zero-order valence-electron chi connectivity index (χ0n) is 13.8. The number of halogens is 4. The molecule has 2 aromatic heterocycles. The molecule has 0 aliphatic rings. The number of benzene rings is 1. The number of aromatic nitrogens is 2. The molecule has 0 spiro atoms. The van der Waals surface area contributed by atoms with Crippen molar-refractivity contribution in [2.45, 2.75) is 13.1 Å². The fourth-order valence-electron chi connectivity index (χ4n) is 2.22. The molecule has 3 aromatic rings.